The van der Waals surface area contributed by atoms with Gasteiger partial charge in [0.2, 0.25) is 5.16 Å². The molecule has 202 valence electrons. The highest BCUT2D eigenvalue weighted by Crippen LogP contribution is 2.39. The second kappa shape index (κ2) is 12.9. The van der Waals surface area contributed by atoms with Crippen LogP contribution in [-0.4, -0.2) is 49.7 Å². The summed E-state index contributed by atoms with van der Waals surface area (Å²) in [5.74, 6) is 0.620. The van der Waals surface area contributed by atoms with Crippen LogP contribution in [0.25, 0.3) is 5.69 Å². The summed E-state index contributed by atoms with van der Waals surface area (Å²) in [6.07, 6.45) is -0.313. The second-order valence-electron chi connectivity index (χ2n) is 8.98. The topological polar surface area (TPSA) is 123 Å². The van der Waals surface area contributed by atoms with E-state index in [0.717, 1.165) is 22.4 Å². The molecule has 11 heteroatoms. The van der Waals surface area contributed by atoms with Crippen molar-refractivity contribution in [3.8, 4) is 5.69 Å². The molecule has 0 spiro atoms. The zero-order chi connectivity index (χ0) is 27.0. The predicted octanol–water partition coefficient (Wildman–Crippen LogP) is 4.63. The van der Waals surface area contributed by atoms with E-state index in [0.29, 0.717) is 29.6 Å². The Morgan fingerprint density at radius 3 is 2.49 bits per heavy atom. The summed E-state index contributed by atoms with van der Waals surface area (Å²) in [6, 6.07) is 24.7. The quantitative estimate of drug-likeness (QED) is 0.260. The summed E-state index contributed by atoms with van der Waals surface area (Å²) >= 11 is 1.53. The number of carbonyl (C=O) groups is 1. The van der Waals surface area contributed by atoms with Gasteiger partial charge >= 0.3 is 6.03 Å². The lowest BCUT2D eigenvalue weighted by Gasteiger charge is -2.36. The Morgan fingerprint density at radius 2 is 1.77 bits per heavy atom. The molecule has 0 radical (unpaired) electrons. The Hall–Kier alpha value is -3.77. The van der Waals surface area contributed by atoms with Gasteiger partial charge in [0.1, 0.15) is 0 Å². The summed E-state index contributed by atoms with van der Waals surface area (Å²) in [7, 11) is 0. The molecular formula is C28H30N6O4S. The minimum absolute atomic E-state index is 0.0103. The summed E-state index contributed by atoms with van der Waals surface area (Å²) in [4.78, 5) is 11.9. The lowest BCUT2D eigenvalue weighted by Crippen LogP contribution is -2.31. The highest BCUT2D eigenvalue weighted by Gasteiger charge is 2.32. The number of aliphatic hydroxyl groups excluding tert-OH is 1. The fourth-order valence-electron chi connectivity index (χ4n) is 4.25. The van der Waals surface area contributed by atoms with Crippen molar-refractivity contribution >= 4 is 23.5 Å². The van der Waals surface area contributed by atoms with Gasteiger partial charge in [-0.2, -0.15) is 4.68 Å². The number of nitrogens with zero attached hydrogens (tertiary/aromatic N) is 4. The van der Waals surface area contributed by atoms with Gasteiger partial charge in [-0.25, -0.2) is 4.79 Å². The van der Waals surface area contributed by atoms with Crippen molar-refractivity contribution in [3.63, 3.8) is 0 Å². The van der Waals surface area contributed by atoms with E-state index in [1.165, 1.54) is 11.8 Å². The molecule has 10 nitrogen and oxygen atoms in total. The predicted molar refractivity (Wildman–Crippen MR) is 147 cm³/mol. The number of hydrogen-bond donors (Lipinski definition) is 3. The van der Waals surface area contributed by atoms with Crippen molar-refractivity contribution < 1.29 is 19.4 Å². The smallest absolute Gasteiger partial charge is 0.319 e. The first-order valence-electron chi connectivity index (χ1n) is 12.7. The molecule has 1 aliphatic heterocycles. The van der Waals surface area contributed by atoms with Crippen LogP contribution in [0.15, 0.2) is 84.0 Å². The maximum Gasteiger partial charge on any atom is 0.319 e. The fraction of sp³-hybridized carbons (Fsp3) is 0.286. The third-order valence-corrected chi connectivity index (χ3v) is 7.28. The highest BCUT2D eigenvalue weighted by atomic mass is 32.2. The first-order valence-corrected chi connectivity index (χ1v) is 13.7. The number of urea groups is 1. The van der Waals surface area contributed by atoms with E-state index in [9.17, 15) is 9.90 Å². The average Bonchev–Trinajstić information content (AvgIpc) is 3.46. The van der Waals surface area contributed by atoms with E-state index in [-0.39, 0.29) is 24.8 Å². The van der Waals surface area contributed by atoms with Crippen molar-refractivity contribution in [2.75, 3.05) is 17.6 Å². The Bertz CT molecular complexity index is 1350. The van der Waals surface area contributed by atoms with E-state index in [1.54, 1.807) is 4.68 Å². The molecule has 0 saturated carbocycles. The number of para-hydroxylation sites is 1. The van der Waals surface area contributed by atoms with E-state index in [2.05, 4.69) is 26.2 Å². The number of amides is 2. The molecule has 3 aromatic carbocycles. The third-order valence-electron chi connectivity index (χ3n) is 6.23. The van der Waals surface area contributed by atoms with Gasteiger partial charge in [0, 0.05) is 30.0 Å². The number of rotatable bonds is 9. The van der Waals surface area contributed by atoms with Crippen LogP contribution >= 0.6 is 11.8 Å². The number of ether oxygens (including phenoxy) is 2. The van der Waals surface area contributed by atoms with E-state index >= 15 is 0 Å². The fourth-order valence-corrected chi connectivity index (χ4v) is 5.16. The van der Waals surface area contributed by atoms with Gasteiger partial charge in [-0.1, -0.05) is 66.4 Å². The number of aliphatic hydroxyl groups is 1. The molecule has 3 atom stereocenters. The number of tetrazole rings is 1. The van der Waals surface area contributed by atoms with Gasteiger partial charge in [0.05, 0.1) is 24.5 Å². The van der Waals surface area contributed by atoms with Crippen LogP contribution in [0.4, 0.5) is 10.5 Å². The molecule has 1 fully saturated rings. The van der Waals surface area contributed by atoms with Gasteiger partial charge in [0.25, 0.3) is 0 Å². The highest BCUT2D eigenvalue weighted by molar-refractivity contribution is 7.99. The summed E-state index contributed by atoms with van der Waals surface area (Å²) < 4.78 is 14.5. The first kappa shape index (κ1) is 26.8. The molecule has 0 aliphatic carbocycles. The molecule has 1 aliphatic rings. The Labute approximate surface area is 230 Å². The number of nitrogens with one attached hydrogen (secondary N) is 2. The largest absolute Gasteiger partial charge is 0.392 e. The van der Waals surface area contributed by atoms with Gasteiger partial charge < -0.3 is 25.2 Å². The molecule has 1 aromatic heterocycles. The molecule has 5 rings (SSSR count). The van der Waals surface area contributed by atoms with Gasteiger partial charge in [-0.05, 0) is 52.7 Å². The number of aromatic nitrogens is 4. The minimum atomic E-state index is -0.601. The van der Waals surface area contributed by atoms with Crippen LogP contribution in [0.2, 0.25) is 0 Å². The standard InChI is InChI=1S/C28H30N6O4S/c1-2-29-27(36)30-22-14-12-21(13-15-22)26-37-24(16-25(38-26)20-10-8-19(17-35)9-11-20)18-39-28-31-32-33-34(28)23-6-4-3-5-7-23/h3-15,24-26,35H,2,16-18H2,1H3,(H2,29,30,36)/t24-,25+,26+/m1/s1. The lowest BCUT2D eigenvalue weighted by atomic mass is 10.0. The Kier molecular flexibility index (Phi) is 8.84. The third kappa shape index (κ3) is 6.82. The monoisotopic (exact) mass is 546 g/mol. The summed E-state index contributed by atoms with van der Waals surface area (Å²) in [5, 5.41) is 27.9. The maximum atomic E-state index is 11.9. The molecular weight excluding hydrogens is 516 g/mol. The minimum Gasteiger partial charge on any atom is -0.392 e. The Morgan fingerprint density at radius 1 is 1.03 bits per heavy atom. The SMILES string of the molecule is CCNC(=O)Nc1ccc([C@H]2O[C@@H](CSc3nnnn3-c3ccccc3)C[C@@H](c3ccc(CO)cc3)O2)cc1. The van der Waals surface area contributed by atoms with Crippen molar-refractivity contribution in [1.29, 1.82) is 0 Å². The number of hydrogen-bond acceptors (Lipinski definition) is 8. The van der Waals surface area contributed by atoms with E-state index in [1.807, 2.05) is 85.8 Å². The molecule has 39 heavy (non-hydrogen) atoms. The Balaban J connectivity index is 1.33. The molecule has 0 bridgehead atoms. The van der Waals surface area contributed by atoms with Crippen molar-refractivity contribution in [3.05, 3.63) is 95.6 Å². The van der Waals surface area contributed by atoms with Crippen LogP contribution in [0, 0.1) is 0 Å². The van der Waals surface area contributed by atoms with Gasteiger partial charge in [0.15, 0.2) is 6.29 Å². The van der Waals surface area contributed by atoms with Gasteiger partial charge in [-0.15, -0.1) is 5.10 Å². The molecule has 2 heterocycles. The van der Waals surface area contributed by atoms with Crippen LogP contribution in [0.5, 0.6) is 0 Å². The normalized spacial score (nSPS) is 19.0. The van der Waals surface area contributed by atoms with Crippen LogP contribution in [-0.2, 0) is 16.1 Å². The van der Waals surface area contributed by atoms with E-state index < -0.39 is 6.29 Å². The summed E-state index contributed by atoms with van der Waals surface area (Å²) in [6.45, 7) is 2.40. The zero-order valence-electron chi connectivity index (χ0n) is 21.4. The molecule has 2 amide bonds. The molecule has 3 N–H and O–H groups in total. The number of carbonyl (C=O) groups excluding carboxylic acids is 1. The number of benzene rings is 3. The molecule has 4 aromatic rings. The van der Waals surface area contributed by atoms with E-state index in [4.69, 9.17) is 9.47 Å². The number of thioether (sulfide) groups is 1. The average molecular weight is 547 g/mol. The van der Waals surface area contributed by atoms with Crippen molar-refractivity contribution in [1.82, 2.24) is 25.5 Å². The number of anilines is 1. The first-order chi connectivity index (χ1) is 19.1. The summed E-state index contributed by atoms with van der Waals surface area (Å²) in [5.41, 5.74) is 4.27. The van der Waals surface area contributed by atoms with Crippen LogP contribution < -0.4 is 10.6 Å². The lowest BCUT2D eigenvalue weighted by molar-refractivity contribution is -0.245. The van der Waals surface area contributed by atoms with Crippen LogP contribution in [0.1, 0.15) is 42.4 Å². The molecule has 1 saturated heterocycles. The van der Waals surface area contributed by atoms with Gasteiger partial charge in [-0.3, -0.25) is 0 Å². The second-order valence-corrected chi connectivity index (χ2v) is 9.96. The van der Waals surface area contributed by atoms with Crippen LogP contribution in [0.3, 0.4) is 0 Å². The molecule has 0 unspecified atom stereocenters. The maximum absolute atomic E-state index is 11.9. The van der Waals surface area contributed by atoms with Crippen molar-refractivity contribution in [2.45, 2.75) is 43.6 Å². The van der Waals surface area contributed by atoms with Crippen molar-refractivity contribution in [2.24, 2.45) is 0 Å². The zero-order valence-corrected chi connectivity index (χ0v) is 22.3.